The normalized spacial score (nSPS) is 11.2. The summed E-state index contributed by atoms with van der Waals surface area (Å²) >= 11 is 6.50. The van der Waals surface area contributed by atoms with E-state index >= 15 is 0 Å². The third kappa shape index (κ3) is 7.90. The van der Waals surface area contributed by atoms with E-state index < -0.39 is 14.0 Å². The molecule has 3 N–H and O–H groups in total. The quantitative estimate of drug-likeness (QED) is 0.127. The van der Waals surface area contributed by atoms with E-state index in [4.69, 9.17) is 10.1 Å². The summed E-state index contributed by atoms with van der Waals surface area (Å²) in [6, 6.07) is 11.5. The van der Waals surface area contributed by atoms with Gasteiger partial charge in [-0.15, -0.1) is 0 Å². The Morgan fingerprint density at radius 1 is 1.17 bits per heavy atom. The molecule has 5 nitrogen and oxygen atoms in total. The monoisotopic (exact) mass is 560 g/mol. The summed E-state index contributed by atoms with van der Waals surface area (Å²) in [6.07, 6.45) is 0. The van der Waals surface area contributed by atoms with Crippen molar-refractivity contribution in [3.05, 3.63) is 56.9 Å². The molecule has 3 rings (SSSR count). The molecule has 0 aliphatic carbocycles. The molecule has 0 atom stereocenters. The summed E-state index contributed by atoms with van der Waals surface area (Å²) in [5.41, 5.74) is 1.46. The maximum atomic E-state index is 13.1. The number of benzene rings is 2. The van der Waals surface area contributed by atoms with Crippen LogP contribution in [0.1, 0.15) is 5.56 Å². The average molecular weight is 562 g/mol. The van der Waals surface area contributed by atoms with Crippen molar-refractivity contribution >= 4 is 62.5 Å². The SMILES string of the molecule is C[Si](C)(C)CCOCNc1ccc(Br)cc1C(=N)F.Fc1[nH]nc2ccc(Br)cc12. The first-order chi connectivity index (χ1) is 14.1. The molecule has 1 aromatic heterocycles. The van der Waals surface area contributed by atoms with Gasteiger partial charge in [-0.3, -0.25) is 10.5 Å². The molecule has 0 saturated carbocycles. The second-order valence-electron chi connectivity index (χ2n) is 7.74. The minimum absolute atomic E-state index is 0.239. The lowest BCUT2D eigenvalue weighted by Gasteiger charge is -2.16. The van der Waals surface area contributed by atoms with E-state index in [1.54, 1.807) is 30.3 Å². The highest BCUT2D eigenvalue weighted by molar-refractivity contribution is 9.10. The summed E-state index contributed by atoms with van der Waals surface area (Å²) in [5.74, 6) is -1.34. The van der Waals surface area contributed by atoms with Crippen LogP contribution in [0.5, 0.6) is 0 Å². The fourth-order valence-electron chi connectivity index (χ4n) is 2.38. The van der Waals surface area contributed by atoms with Crippen molar-refractivity contribution in [2.24, 2.45) is 0 Å². The van der Waals surface area contributed by atoms with Gasteiger partial charge in [0, 0.05) is 29.3 Å². The van der Waals surface area contributed by atoms with Crippen LogP contribution >= 0.6 is 31.9 Å². The van der Waals surface area contributed by atoms with E-state index in [9.17, 15) is 8.78 Å². The number of halogens is 4. The molecule has 0 aliphatic rings. The van der Waals surface area contributed by atoms with Crippen LogP contribution in [0.15, 0.2) is 45.3 Å². The first kappa shape index (κ1) is 24.6. The number of H-pyrrole nitrogens is 1. The molecule has 0 fully saturated rings. The summed E-state index contributed by atoms with van der Waals surface area (Å²) in [6.45, 7) is 7.91. The van der Waals surface area contributed by atoms with Gasteiger partial charge in [-0.25, -0.2) is 0 Å². The molecule has 3 aromatic rings. The Labute approximate surface area is 192 Å². The largest absolute Gasteiger partial charge is 0.362 e. The standard InChI is InChI=1S/C13H20BrFN2OSi.C7H4BrFN2/c1-19(2,3)7-6-18-9-17-12-5-4-10(14)8-11(12)13(15)16;8-4-1-2-6-5(3-4)7(9)11-10-6/h4-5,8,16-17H,6-7,9H2,1-3H3;1-3H,(H,10,11). The Hall–Kier alpha value is -1.62. The van der Waals surface area contributed by atoms with Crippen LogP contribution in [0.25, 0.3) is 10.9 Å². The Morgan fingerprint density at radius 2 is 1.83 bits per heavy atom. The molecule has 10 heteroatoms. The number of nitrogens with one attached hydrogen (secondary N) is 3. The van der Waals surface area contributed by atoms with Crippen molar-refractivity contribution in [1.29, 1.82) is 5.41 Å². The lowest BCUT2D eigenvalue weighted by Crippen LogP contribution is -2.22. The number of hydrogen-bond acceptors (Lipinski definition) is 4. The molecule has 2 aromatic carbocycles. The van der Waals surface area contributed by atoms with Crippen molar-refractivity contribution < 1.29 is 13.5 Å². The Bertz CT molecular complexity index is 1010. The first-order valence-corrected chi connectivity index (χ1v) is 14.5. The molecule has 0 aliphatic heterocycles. The predicted molar refractivity (Wildman–Crippen MR) is 128 cm³/mol. The van der Waals surface area contributed by atoms with Gasteiger partial charge in [0.1, 0.15) is 6.73 Å². The summed E-state index contributed by atoms with van der Waals surface area (Å²) in [5, 5.41) is 16.6. The maximum Gasteiger partial charge on any atom is 0.216 e. The zero-order valence-electron chi connectivity index (χ0n) is 17.0. The highest BCUT2D eigenvalue weighted by atomic mass is 79.9. The third-order valence-corrected chi connectivity index (χ3v) is 6.74. The van der Waals surface area contributed by atoms with E-state index in [2.05, 4.69) is 67.0 Å². The zero-order chi connectivity index (χ0) is 22.3. The highest BCUT2D eigenvalue weighted by Gasteiger charge is 2.12. The van der Waals surface area contributed by atoms with Crippen molar-refractivity contribution in [2.45, 2.75) is 25.7 Å². The lowest BCUT2D eigenvalue weighted by molar-refractivity contribution is 0.166. The number of nitrogens with zero attached hydrogens (tertiary/aromatic N) is 1. The number of aromatic nitrogens is 2. The predicted octanol–water partition coefficient (Wildman–Crippen LogP) is 6.93. The van der Waals surface area contributed by atoms with Gasteiger partial charge in [-0.1, -0.05) is 51.5 Å². The van der Waals surface area contributed by atoms with E-state index in [1.807, 2.05) is 6.07 Å². The minimum atomic E-state index is -1.08. The van der Waals surface area contributed by atoms with Gasteiger partial charge in [-0.2, -0.15) is 13.9 Å². The molecule has 162 valence electrons. The van der Waals surface area contributed by atoms with Crippen LogP contribution in [-0.4, -0.2) is 37.6 Å². The summed E-state index contributed by atoms with van der Waals surface area (Å²) in [4.78, 5) is 0. The van der Waals surface area contributed by atoms with E-state index in [0.717, 1.165) is 15.0 Å². The van der Waals surface area contributed by atoms with Gasteiger partial charge in [0.25, 0.3) is 0 Å². The van der Waals surface area contributed by atoms with Gasteiger partial charge in [-0.05, 0) is 42.4 Å². The van der Waals surface area contributed by atoms with Gasteiger partial charge in [0.05, 0.1) is 16.5 Å². The molecule has 0 unspecified atom stereocenters. The number of hydrogen-bond donors (Lipinski definition) is 3. The maximum absolute atomic E-state index is 13.1. The fraction of sp³-hybridized carbons (Fsp3) is 0.300. The smallest absolute Gasteiger partial charge is 0.216 e. The topological polar surface area (TPSA) is 73.8 Å². The Balaban J connectivity index is 0.000000244. The summed E-state index contributed by atoms with van der Waals surface area (Å²) in [7, 11) is -1.08. The van der Waals surface area contributed by atoms with Crippen molar-refractivity contribution in [1.82, 2.24) is 10.2 Å². The van der Waals surface area contributed by atoms with Crippen LogP contribution < -0.4 is 5.32 Å². The number of aromatic amines is 1. The van der Waals surface area contributed by atoms with E-state index in [0.29, 0.717) is 29.9 Å². The van der Waals surface area contributed by atoms with Gasteiger partial charge < -0.3 is 10.1 Å². The fourth-order valence-corrected chi connectivity index (χ4v) is 3.86. The molecular weight excluding hydrogens is 538 g/mol. The average Bonchev–Trinajstić information content (AvgIpc) is 3.02. The molecule has 30 heavy (non-hydrogen) atoms. The zero-order valence-corrected chi connectivity index (χ0v) is 21.1. The molecule has 0 spiro atoms. The van der Waals surface area contributed by atoms with Crippen LogP contribution in [0.3, 0.4) is 0 Å². The van der Waals surface area contributed by atoms with Crippen molar-refractivity contribution in [3.8, 4) is 0 Å². The second kappa shape index (κ2) is 11.1. The molecule has 0 radical (unpaired) electrons. The van der Waals surface area contributed by atoms with E-state index in [1.165, 1.54) is 0 Å². The Morgan fingerprint density at radius 3 is 2.50 bits per heavy atom. The van der Waals surface area contributed by atoms with Crippen LogP contribution in [0.2, 0.25) is 25.7 Å². The number of rotatable bonds is 7. The number of anilines is 1. The van der Waals surface area contributed by atoms with Gasteiger partial charge in [0.2, 0.25) is 11.9 Å². The Kier molecular flexibility index (Phi) is 9.14. The molecule has 0 amide bonds. The van der Waals surface area contributed by atoms with Crippen LogP contribution in [0.4, 0.5) is 14.5 Å². The van der Waals surface area contributed by atoms with Gasteiger partial charge in [0.15, 0.2) is 0 Å². The molecule has 0 saturated heterocycles. The van der Waals surface area contributed by atoms with E-state index in [-0.39, 0.29) is 11.5 Å². The lowest BCUT2D eigenvalue weighted by atomic mass is 10.2. The first-order valence-electron chi connectivity index (χ1n) is 9.21. The molecular formula is C20H24Br2F2N4OSi. The van der Waals surface area contributed by atoms with Crippen LogP contribution in [0, 0.1) is 11.4 Å². The molecule has 1 heterocycles. The van der Waals surface area contributed by atoms with Crippen LogP contribution in [-0.2, 0) is 4.74 Å². The van der Waals surface area contributed by atoms with Crippen molar-refractivity contribution in [3.63, 3.8) is 0 Å². The van der Waals surface area contributed by atoms with Crippen molar-refractivity contribution in [2.75, 3.05) is 18.7 Å². The number of ether oxygens (including phenoxy) is 1. The summed E-state index contributed by atoms with van der Waals surface area (Å²) < 4.78 is 33.0. The van der Waals surface area contributed by atoms with Gasteiger partial charge >= 0.3 is 0 Å². The molecule has 0 bridgehead atoms. The highest BCUT2D eigenvalue weighted by Crippen LogP contribution is 2.22. The number of fused-ring (bicyclic) bond motifs is 1. The minimum Gasteiger partial charge on any atom is -0.362 e. The second-order valence-corrected chi connectivity index (χ2v) is 15.2. The third-order valence-electron chi connectivity index (χ3n) is 4.05.